The second kappa shape index (κ2) is 9.12. The molecule has 3 unspecified atom stereocenters. The van der Waals surface area contributed by atoms with E-state index in [9.17, 15) is 39.0 Å². The lowest BCUT2D eigenvalue weighted by Crippen LogP contribution is -2.76. The van der Waals surface area contributed by atoms with Crippen LogP contribution in [0.1, 0.15) is 57.0 Å². The molecule has 0 radical (unpaired) electrons. The van der Waals surface area contributed by atoms with Crippen molar-refractivity contribution in [3.63, 3.8) is 0 Å². The third-order valence-electron chi connectivity index (χ3n) is 8.77. The summed E-state index contributed by atoms with van der Waals surface area (Å²) < 4.78 is 4.74. The van der Waals surface area contributed by atoms with Gasteiger partial charge < -0.3 is 14.9 Å². The van der Waals surface area contributed by atoms with Crippen molar-refractivity contribution >= 4 is 40.7 Å². The molecule has 0 aromatic heterocycles. The highest BCUT2D eigenvalue weighted by Gasteiger charge is 2.76. The first-order valence-electron chi connectivity index (χ1n) is 12.7. The van der Waals surface area contributed by atoms with Crippen molar-refractivity contribution in [3.05, 3.63) is 23.3 Å². The minimum Gasteiger partial charge on any atom is -0.505 e. The number of benzene rings is 1. The Bertz CT molecular complexity index is 1390. The van der Waals surface area contributed by atoms with Crippen molar-refractivity contribution in [2.45, 2.75) is 53.1 Å². The molecule has 0 aliphatic heterocycles. The largest absolute Gasteiger partial charge is 0.505 e. The smallest absolute Gasteiger partial charge is 0.412 e. The number of aromatic hydroxyl groups is 1. The minimum atomic E-state index is -2.77. The van der Waals surface area contributed by atoms with E-state index < -0.39 is 80.9 Å². The van der Waals surface area contributed by atoms with Gasteiger partial charge in [0, 0.05) is 11.3 Å². The summed E-state index contributed by atoms with van der Waals surface area (Å²) in [5, 5.41) is 25.2. The maximum absolute atomic E-state index is 14.2. The molecule has 10 heteroatoms. The quantitative estimate of drug-likeness (QED) is 0.297. The van der Waals surface area contributed by atoms with E-state index in [-0.39, 0.29) is 30.7 Å². The van der Waals surface area contributed by atoms with Crippen LogP contribution in [0.5, 0.6) is 5.75 Å². The Hall–Kier alpha value is -3.84. The molecule has 0 spiro atoms. The molecule has 3 N–H and O–H groups in total. The zero-order valence-corrected chi connectivity index (χ0v) is 22.4. The van der Waals surface area contributed by atoms with Gasteiger partial charge in [-0.15, -0.1) is 6.42 Å². The predicted octanol–water partition coefficient (Wildman–Crippen LogP) is 2.27. The van der Waals surface area contributed by atoms with Crippen LogP contribution in [0.3, 0.4) is 0 Å². The normalized spacial score (nSPS) is 33.5. The van der Waals surface area contributed by atoms with Gasteiger partial charge in [0.05, 0.1) is 17.2 Å². The fraction of sp³-hybridized carbons (Fsp3) is 0.517. The molecule has 0 heterocycles. The Morgan fingerprint density at radius 1 is 1.18 bits per heavy atom. The van der Waals surface area contributed by atoms with Gasteiger partial charge in [-0.3, -0.25) is 29.3 Å². The standard InChI is InChI=1S/C29H31NO9/c1-7-10-39-26(37)30-16-9-8-15-11-27(5)12-28(6)19(13(2)3)22(33)17(14(4)31)24(35)29(28,38)25(36)20(27)23(34)18(15)21(16)32/h1,8-9,13,17,19-20,32,38H,10-12H2,2-6H3,(H,30,37)/t17?,19?,20?,27-,28-,29+/m1/s1. The number of phenolic OH excluding ortho intramolecular Hbond substituents is 1. The third kappa shape index (κ3) is 3.74. The highest BCUT2D eigenvalue weighted by Crippen LogP contribution is 2.63. The lowest BCUT2D eigenvalue weighted by molar-refractivity contribution is -0.205. The van der Waals surface area contributed by atoms with E-state index in [1.54, 1.807) is 20.8 Å². The number of hydrogen-bond acceptors (Lipinski definition) is 9. The van der Waals surface area contributed by atoms with Gasteiger partial charge in [-0.05, 0) is 42.7 Å². The first kappa shape index (κ1) is 28.2. The number of carbonyl (C=O) groups is 6. The van der Waals surface area contributed by atoms with Crippen LogP contribution in [0.2, 0.25) is 0 Å². The van der Waals surface area contributed by atoms with E-state index >= 15 is 0 Å². The fourth-order valence-corrected chi connectivity index (χ4v) is 7.48. The number of ketones is 5. The first-order chi connectivity index (χ1) is 18.1. The molecule has 0 bridgehead atoms. The van der Waals surface area contributed by atoms with Crippen LogP contribution in [0, 0.1) is 46.8 Å². The Labute approximate surface area is 225 Å². The van der Waals surface area contributed by atoms with Crippen molar-refractivity contribution in [2.75, 3.05) is 11.9 Å². The molecular formula is C29H31NO9. The van der Waals surface area contributed by atoms with E-state index in [2.05, 4.69) is 11.2 Å². The zero-order chi connectivity index (χ0) is 29.2. The summed E-state index contributed by atoms with van der Waals surface area (Å²) in [4.78, 5) is 79.6. The number of nitrogens with one attached hydrogen (secondary N) is 1. The SMILES string of the molecule is C#CCOC(=O)Nc1ccc2c(c1O)C(=O)C1C(=O)[C@@]3(O)C(=O)C(C(C)=O)C(=O)C(C(C)C)[C@@]3(C)C[C@@]1(C)C2. The number of rotatable bonds is 4. The number of ether oxygens (including phenoxy) is 1. The summed E-state index contributed by atoms with van der Waals surface area (Å²) in [5.41, 5.74) is -5.45. The molecule has 39 heavy (non-hydrogen) atoms. The number of hydrogen-bond donors (Lipinski definition) is 3. The van der Waals surface area contributed by atoms with Crippen LogP contribution >= 0.6 is 0 Å². The summed E-state index contributed by atoms with van der Waals surface area (Å²) in [7, 11) is 0. The molecule has 3 aliphatic rings. The van der Waals surface area contributed by atoms with Crippen LogP contribution in [0.4, 0.5) is 10.5 Å². The van der Waals surface area contributed by atoms with Gasteiger partial charge in [0.15, 0.2) is 35.3 Å². The highest BCUT2D eigenvalue weighted by molar-refractivity contribution is 6.32. The molecular weight excluding hydrogens is 506 g/mol. The monoisotopic (exact) mass is 537 g/mol. The topological polar surface area (TPSA) is 164 Å². The van der Waals surface area contributed by atoms with Gasteiger partial charge in [-0.25, -0.2) is 4.79 Å². The Balaban J connectivity index is 1.86. The average Bonchev–Trinajstić information content (AvgIpc) is 2.81. The van der Waals surface area contributed by atoms with E-state index in [4.69, 9.17) is 11.2 Å². The second-order valence-corrected chi connectivity index (χ2v) is 11.7. The lowest BCUT2D eigenvalue weighted by Gasteiger charge is -2.61. The average molecular weight is 538 g/mol. The summed E-state index contributed by atoms with van der Waals surface area (Å²) in [6, 6.07) is 2.91. The molecule has 10 nitrogen and oxygen atoms in total. The number of amides is 1. The Kier molecular flexibility index (Phi) is 6.59. The number of fused-ring (bicyclic) bond motifs is 3. The number of Topliss-reactive ketones (excluding diaryl/α,β-unsaturated/α-hetero) is 5. The van der Waals surface area contributed by atoms with E-state index in [1.807, 2.05) is 0 Å². The van der Waals surface area contributed by atoms with Gasteiger partial charge in [0.2, 0.25) is 0 Å². The maximum Gasteiger partial charge on any atom is 0.412 e. The molecule has 2 fully saturated rings. The summed E-state index contributed by atoms with van der Waals surface area (Å²) in [6.45, 7) is 7.38. The van der Waals surface area contributed by atoms with Crippen molar-refractivity contribution in [1.29, 1.82) is 0 Å². The van der Waals surface area contributed by atoms with Gasteiger partial charge in [-0.1, -0.05) is 39.7 Å². The van der Waals surface area contributed by atoms with Gasteiger partial charge in [-0.2, -0.15) is 0 Å². The van der Waals surface area contributed by atoms with E-state index in [0.29, 0.717) is 5.56 Å². The Morgan fingerprint density at radius 2 is 1.82 bits per heavy atom. The molecule has 206 valence electrons. The van der Waals surface area contributed by atoms with Crippen LogP contribution < -0.4 is 5.32 Å². The first-order valence-corrected chi connectivity index (χ1v) is 12.7. The number of phenols is 1. The molecule has 6 atom stereocenters. The van der Waals surface area contributed by atoms with Gasteiger partial charge in [0.25, 0.3) is 0 Å². The van der Waals surface area contributed by atoms with Crippen LogP contribution in [0.15, 0.2) is 12.1 Å². The molecule has 1 aromatic rings. The van der Waals surface area contributed by atoms with Crippen LogP contribution in [0.25, 0.3) is 0 Å². The molecule has 3 aliphatic carbocycles. The van der Waals surface area contributed by atoms with E-state index in [1.165, 1.54) is 19.1 Å². The Morgan fingerprint density at radius 3 is 2.38 bits per heavy atom. The van der Waals surface area contributed by atoms with Crippen LogP contribution in [-0.2, 0) is 30.3 Å². The maximum atomic E-state index is 14.2. The number of anilines is 1. The summed E-state index contributed by atoms with van der Waals surface area (Å²) in [6.07, 6.45) is 4.17. The lowest BCUT2D eigenvalue weighted by atomic mass is 9.40. The molecule has 1 aromatic carbocycles. The number of terminal acetylenes is 1. The zero-order valence-electron chi connectivity index (χ0n) is 22.4. The minimum absolute atomic E-state index is 0.0395. The predicted molar refractivity (Wildman–Crippen MR) is 137 cm³/mol. The van der Waals surface area contributed by atoms with Crippen molar-refractivity contribution in [1.82, 2.24) is 0 Å². The fourth-order valence-electron chi connectivity index (χ4n) is 7.48. The summed E-state index contributed by atoms with van der Waals surface area (Å²) in [5.74, 6) is -7.79. The molecule has 1 amide bonds. The molecule has 4 rings (SSSR count). The second-order valence-electron chi connectivity index (χ2n) is 11.7. The van der Waals surface area contributed by atoms with E-state index in [0.717, 1.165) is 6.92 Å². The highest BCUT2D eigenvalue weighted by atomic mass is 16.5. The van der Waals surface area contributed by atoms with Gasteiger partial charge in [0.1, 0.15) is 17.5 Å². The molecule has 2 saturated carbocycles. The van der Waals surface area contributed by atoms with Crippen molar-refractivity contribution in [3.8, 4) is 18.1 Å². The molecule has 0 saturated heterocycles. The van der Waals surface area contributed by atoms with Crippen LogP contribution in [-0.4, -0.2) is 57.4 Å². The van der Waals surface area contributed by atoms with Crippen molar-refractivity contribution in [2.24, 2.45) is 34.5 Å². The number of carbonyl (C=O) groups excluding carboxylic acids is 6. The number of aliphatic hydroxyl groups is 1. The third-order valence-corrected chi connectivity index (χ3v) is 8.77. The van der Waals surface area contributed by atoms with Crippen molar-refractivity contribution < 1.29 is 43.7 Å². The summed E-state index contributed by atoms with van der Waals surface area (Å²) >= 11 is 0. The van der Waals surface area contributed by atoms with Gasteiger partial charge >= 0.3 is 6.09 Å².